The number of cyclic esters (lactones) is 1. The Morgan fingerprint density at radius 2 is 1.85 bits per heavy atom. The van der Waals surface area contributed by atoms with Gasteiger partial charge in [0.15, 0.2) is 6.10 Å². The largest absolute Gasteiger partial charge is 0.448 e. The van der Waals surface area contributed by atoms with Crippen molar-refractivity contribution in [3.63, 3.8) is 0 Å². The fourth-order valence-electron chi connectivity index (χ4n) is 2.88. The molecule has 26 heavy (non-hydrogen) atoms. The first kappa shape index (κ1) is 18.1. The van der Waals surface area contributed by atoms with E-state index in [4.69, 9.17) is 10.5 Å². The van der Waals surface area contributed by atoms with Crippen molar-refractivity contribution in [2.45, 2.75) is 19.1 Å². The molecule has 0 radical (unpaired) electrons. The molecule has 0 spiro atoms. The summed E-state index contributed by atoms with van der Waals surface area (Å²) >= 11 is 3.35. The van der Waals surface area contributed by atoms with E-state index in [0.717, 1.165) is 15.6 Å². The predicted molar refractivity (Wildman–Crippen MR) is 98.1 cm³/mol. The van der Waals surface area contributed by atoms with Crippen LogP contribution in [0.15, 0.2) is 53.0 Å². The smallest absolute Gasteiger partial charge is 0.339 e. The molecule has 0 aliphatic carbocycles. The van der Waals surface area contributed by atoms with E-state index in [2.05, 4.69) is 15.9 Å². The average Bonchev–Trinajstić information content (AvgIpc) is 2.62. The molecule has 0 saturated carbocycles. The first-order chi connectivity index (χ1) is 12.4. The number of ether oxygens (including phenoxy) is 1. The highest BCUT2D eigenvalue weighted by Crippen LogP contribution is 2.22. The number of hydrogen-bond donors (Lipinski definition) is 1. The Hall–Kier alpha value is -2.67. The van der Waals surface area contributed by atoms with Gasteiger partial charge < -0.3 is 15.4 Å². The summed E-state index contributed by atoms with van der Waals surface area (Å²) in [6.45, 7) is -0.0463. The van der Waals surface area contributed by atoms with Gasteiger partial charge >= 0.3 is 5.97 Å². The van der Waals surface area contributed by atoms with E-state index in [-0.39, 0.29) is 19.5 Å². The minimum Gasteiger partial charge on any atom is -0.448 e. The standard InChI is InChI=1S/C19H17BrN2O4/c20-14-7-5-12(6-8-14)10-22(11-17(21)23)18(24)16-9-13-3-1-2-4-15(13)19(25)26-16/h1-8,16H,9-11H2,(H2,21,23)/t16-/m0/s1. The van der Waals surface area contributed by atoms with Gasteiger partial charge in [-0.1, -0.05) is 46.3 Å². The second kappa shape index (κ2) is 7.70. The summed E-state index contributed by atoms with van der Waals surface area (Å²) in [6, 6.07) is 14.4. The van der Waals surface area contributed by atoms with Crippen molar-refractivity contribution in [3.05, 3.63) is 69.7 Å². The summed E-state index contributed by atoms with van der Waals surface area (Å²) in [5.74, 6) is -1.60. The van der Waals surface area contributed by atoms with E-state index >= 15 is 0 Å². The van der Waals surface area contributed by atoms with Crippen LogP contribution in [0.25, 0.3) is 0 Å². The topological polar surface area (TPSA) is 89.7 Å². The molecule has 2 amide bonds. The van der Waals surface area contributed by atoms with Gasteiger partial charge in [-0.05, 0) is 29.3 Å². The fourth-order valence-corrected chi connectivity index (χ4v) is 3.15. The van der Waals surface area contributed by atoms with Crippen LogP contribution in [-0.2, 0) is 27.3 Å². The maximum Gasteiger partial charge on any atom is 0.339 e. The van der Waals surface area contributed by atoms with Crippen LogP contribution in [0.5, 0.6) is 0 Å². The van der Waals surface area contributed by atoms with Crippen molar-refractivity contribution in [2.75, 3.05) is 6.54 Å². The molecule has 7 heteroatoms. The lowest BCUT2D eigenvalue weighted by molar-refractivity contribution is -0.144. The third-order valence-corrected chi connectivity index (χ3v) is 4.64. The highest BCUT2D eigenvalue weighted by molar-refractivity contribution is 9.10. The summed E-state index contributed by atoms with van der Waals surface area (Å²) in [5.41, 5.74) is 7.35. The Morgan fingerprint density at radius 3 is 2.54 bits per heavy atom. The van der Waals surface area contributed by atoms with Crippen LogP contribution in [0.4, 0.5) is 0 Å². The van der Waals surface area contributed by atoms with E-state index in [9.17, 15) is 14.4 Å². The normalized spacial score (nSPS) is 15.7. The van der Waals surface area contributed by atoms with E-state index in [0.29, 0.717) is 5.56 Å². The van der Waals surface area contributed by atoms with Crippen molar-refractivity contribution < 1.29 is 19.1 Å². The van der Waals surface area contributed by atoms with Crippen molar-refractivity contribution >= 4 is 33.7 Å². The summed E-state index contributed by atoms with van der Waals surface area (Å²) in [5, 5.41) is 0. The maximum absolute atomic E-state index is 12.9. The lowest BCUT2D eigenvalue weighted by Gasteiger charge is -2.29. The Bertz CT molecular complexity index is 851. The zero-order valence-corrected chi connectivity index (χ0v) is 15.4. The third-order valence-electron chi connectivity index (χ3n) is 4.11. The number of nitrogens with zero attached hydrogens (tertiary/aromatic N) is 1. The highest BCUT2D eigenvalue weighted by Gasteiger charge is 2.34. The first-order valence-corrected chi connectivity index (χ1v) is 8.84. The van der Waals surface area contributed by atoms with Crippen molar-refractivity contribution in [1.82, 2.24) is 4.90 Å². The molecular weight excluding hydrogens is 400 g/mol. The average molecular weight is 417 g/mol. The van der Waals surface area contributed by atoms with E-state index in [1.165, 1.54) is 4.90 Å². The van der Waals surface area contributed by atoms with Crippen molar-refractivity contribution in [3.8, 4) is 0 Å². The van der Waals surface area contributed by atoms with E-state index < -0.39 is 23.9 Å². The van der Waals surface area contributed by atoms with Crippen LogP contribution < -0.4 is 5.73 Å². The Labute approximate surface area is 159 Å². The molecule has 6 nitrogen and oxygen atoms in total. The Kier molecular flexibility index (Phi) is 5.37. The zero-order valence-electron chi connectivity index (χ0n) is 13.9. The van der Waals surface area contributed by atoms with Crippen molar-refractivity contribution in [1.29, 1.82) is 0 Å². The monoisotopic (exact) mass is 416 g/mol. The third kappa shape index (κ3) is 4.11. The highest BCUT2D eigenvalue weighted by atomic mass is 79.9. The molecule has 1 aliphatic heterocycles. The number of carbonyl (C=O) groups excluding carboxylic acids is 3. The lowest BCUT2D eigenvalue weighted by atomic mass is 9.98. The van der Waals surface area contributed by atoms with Crippen LogP contribution in [0, 0.1) is 0 Å². The van der Waals surface area contributed by atoms with Gasteiger partial charge in [0.05, 0.1) is 12.1 Å². The van der Waals surface area contributed by atoms with E-state index in [1.807, 2.05) is 30.3 Å². The maximum atomic E-state index is 12.9. The number of primary amides is 1. The molecule has 2 aromatic carbocycles. The van der Waals surface area contributed by atoms with Crippen LogP contribution in [0.1, 0.15) is 21.5 Å². The molecule has 0 unspecified atom stereocenters. The second-order valence-electron chi connectivity index (χ2n) is 6.04. The quantitative estimate of drug-likeness (QED) is 0.755. The molecule has 2 aromatic rings. The molecule has 2 N–H and O–H groups in total. The number of esters is 1. The van der Waals surface area contributed by atoms with Gasteiger partial charge in [-0.25, -0.2) is 4.79 Å². The van der Waals surface area contributed by atoms with Gasteiger partial charge in [0.25, 0.3) is 5.91 Å². The van der Waals surface area contributed by atoms with Gasteiger partial charge in [-0.3, -0.25) is 9.59 Å². The van der Waals surface area contributed by atoms with Gasteiger partial charge in [0, 0.05) is 17.4 Å². The second-order valence-corrected chi connectivity index (χ2v) is 6.96. The SMILES string of the molecule is NC(=O)CN(Cc1ccc(Br)cc1)C(=O)[C@@H]1Cc2ccccc2C(=O)O1. The first-order valence-electron chi connectivity index (χ1n) is 8.04. The van der Waals surface area contributed by atoms with Gasteiger partial charge in [0.1, 0.15) is 0 Å². The number of rotatable bonds is 5. The Balaban J connectivity index is 1.80. The number of amides is 2. The molecule has 0 bridgehead atoms. The van der Waals surface area contributed by atoms with Crippen LogP contribution >= 0.6 is 15.9 Å². The fraction of sp³-hybridized carbons (Fsp3) is 0.211. The molecule has 0 fully saturated rings. The zero-order chi connectivity index (χ0) is 18.7. The summed E-state index contributed by atoms with van der Waals surface area (Å²) in [7, 11) is 0. The molecule has 3 rings (SSSR count). The minimum absolute atomic E-state index is 0.199. The summed E-state index contributed by atoms with van der Waals surface area (Å²) in [6.07, 6.45) is -0.691. The lowest BCUT2D eigenvalue weighted by Crippen LogP contribution is -2.47. The molecule has 134 valence electrons. The van der Waals surface area contributed by atoms with Gasteiger partial charge in [-0.2, -0.15) is 0 Å². The Morgan fingerprint density at radius 1 is 1.15 bits per heavy atom. The van der Waals surface area contributed by atoms with Crippen molar-refractivity contribution in [2.24, 2.45) is 5.73 Å². The molecule has 1 heterocycles. The summed E-state index contributed by atoms with van der Waals surface area (Å²) < 4.78 is 6.21. The summed E-state index contributed by atoms with van der Waals surface area (Å²) in [4.78, 5) is 37.8. The van der Waals surface area contributed by atoms with Gasteiger partial charge in [0.2, 0.25) is 5.91 Å². The number of fused-ring (bicyclic) bond motifs is 1. The minimum atomic E-state index is -0.966. The van der Waals surface area contributed by atoms with Crippen LogP contribution in [0.3, 0.4) is 0 Å². The van der Waals surface area contributed by atoms with Gasteiger partial charge in [-0.15, -0.1) is 0 Å². The number of halogens is 1. The van der Waals surface area contributed by atoms with Crippen LogP contribution in [-0.4, -0.2) is 35.3 Å². The molecule has 1 atom stereocenters. The molecule has 1 aliphatic rings. The number of hydrogen-bond acceptors (Lipinski definition) is 4. The van der Waals surface area contributed by atoms with Crippen LogP contribution in [0.2, 0.25) is 0 Å². The molecule has 0 saturated heterocycles. The number of benzene rings is 2. The molecule has 0 aromatic heterocycles. The number of carbonyl (C=O) groups is 3. The number of nitrogens with two attached hydrogens (primary N) is 1. The van der Waals surface area contributed by atoms with E-state index in [1.54, 1.807) is 18.2 Å². The molecular formula is C19H17BrN2O4. The predicted octanol–water partition coefficient (Wildman–Crippen LogP) is 2.04.